The number of nitrogens with one attached hydrogen (secondary N) is 1. The van der Waals surface area contributed by atoms with E-state index >= 15 is 0 Å². The van der Waals surface area contributed by atoms with Crippen LogP contribution >= 0.6 is 11.6 Å². The molecule has 0 unspecified atom stereocenters. The Morgan fingerprint density at radius 3 is 2.38 bits per heavy atom. The van der Waals surface area contributed by atoms with Gasteiger partial charge in [0.25, 0.3) is 0 Å². The van der Waals surface area contributed by atoms with Crippen molar-refractivity contribution in [1.29, 1.82) is 0 Å². The number of halogens is 1. The number of hydrogen-bond acceptors (Lipinski definition) is 0. The van der Waals surface area contributed by atoms with Gasteiger partial charge in [0.1, 0.15) is 0 Å². The molecule has 2 heteroatoms. The molecule has 0 aliphatic carbocycles. The number of benzene rings is 2. The maximum atomic E-state index is 5.87. The molecule has 0 spiro atoms. The van der Waals surface area contributed by atoms with Crippen molar-refractivity contribution < 1.29 is 0 Å². The van der Waals surface area contributed by atoms with Crippen molar-refractivity contribution in [3.05, 3.63) is 59.8 Å². The van der Waals surface area contributed by atoms with Crippen LogP contribution in [0.1, 0.15) is 0 Å². The third-order valence-corrected chi connectivity index (χ3v) is 2.98. The van der Waals surface area contributed by atoms with Gasteiger partial charge in [0.2, 0.25) is 0 Å². The summed E-state index contributed by atoms with van der Waals surface area (Å²) in [4.78, 5) is 3.22. The molecule has 1 nitrogen and oxygen atoms in total. The number of aromatic amines is 1. The standard InChI is InChI=1S/C14H10ClN/c15-13-5-3-10(4-6-13)12-2-1-11-7-8-16-14(11)9-12/h1-9,16H. The van der Waals surface area contributed by atoms with Gasteiger partial charge in [-0.15, -0.1) is 0 Å². The lowest BCUT2D eigenvalue weighted by molar-refractivity contribution is 1.48. The van der Waals surface area contributed by atoms with Crippen LogP contribution in [0.2, 0.25) is 5.02 Å². The Morgan fingerprint density at radius 2 is 1.56 bits per heavy atom. The molecule has 1 N–H and O–H groups in total. The molecule has 0 bridgehead atoms. The number of fused-ring (bicyclic) bond motifs is 1. The summed E-state index contributed by atoms with van der Waals surface area (Å²) in [6.45, 7) is 0. The fourth-order valence-electron chi connectivity index (χ4n) is 1.87. The zero-order valence-corrected chi connectivity index (χ0v) is 9.33. The predicted octanol–water partition coefficient (Wildman–Crippen LogP) is 4.49. The van der Waals surface area contributed by atoms with Gasteiger partial charge < -0.3 is 4.98 Å². The molecule has 0 radical (unpaired) electrons. The van der Waals surface area contributed by atoms with E-state index in [1.165, 1.54) is 16.5 Å². The number of rotatable bonds is 1. The summed E-state index contributed by atoms with van der Waals surface area (Å²) in [6, 6.07) is 16.4. The number of aromatic nitrogens is 1. The second-order valence-corrected chi connectivity index (χ2v) is 4.22. The second kappa shape index (κ2) is 3.69. The molecule has 0 atom stereocenters. The molecule has 1 heterocycles. The highest BCUT2D eigenvalue weighted by atomic mass is 35.5. The summed E-state index contributed by atoms with van der Waals surface area (Å²) in [7, 11) is 0. The van der Waals surface area contributed by atoms with Crippen molar-refractivity contribution in [2.45, 2.75) is 0 Å². The largest absolute Gasteiger partial charge is 0.361 e. The topological polar surface area (TPSA) is 15.8 Å². The molecule has 16 heavy (non-hydrogen) atoms. The van der Waals surface area contributed by atoms with Gasteiger partial charge in [0, 0.05) is 16.7 Å². The van der Waals surface area contributed by atoms with Gasteiger partial charge >= 0.3 is 0 Å². The van der Waals surface area contributed by atoms with Crippen LogP contribution in [0.15, 0.2) is 54.7 Å². The molecule has 0 saturated carbocycles. The molecular weight excluding hydrogens is 218 g/mol. The van der Waals surface area contributed by atoms with Crippen molar-refractivity contribution in [1.82, 2.24) is 4.98 Å². The Hall–Kier alpha value is -1.73. The molecule has 0 saturated heterocycles. The molecule has 3 aromatic rings. The number of H-pyrrole nitrogens is 1. The third kappa shape index (κ3) is 1.59. The molecule has 0 aliphatic rings. The van der Waals surface area contributed by atoms with E-state index in [2.05, 4.69) is 29.2 Å². The molecular formula is C14H10ClN. The summed E-state index contributed by atoms with van der Waals surface area (Å²) < 4.78 is 0. The van der Waals surface area contributed by atoms with E-state index in [1.807, 2.05) is 30.5 Å². The van der Waals surface area contributed by atoms with Crippen LogP contribution in [0.5, 0.6) is 0 Å². The minimum Gasteiger partial charge on any atom is -0.361 e. The maximum absolute atomic E-state index is 5.87. The first kappa shape index (κ1) is 9.49. The van der Waals surface area contributed by atoms with Gasteiger partial charge in [-0.2, -0.15) is 0 Å². The average molecular weight is 228 g/mol. The summed E-state index contributed by atoms with van der Waals surface area (Å²) in [5.41, 5.74) is 3.54. The highest BCUT2D eigenvalue weighted by Gasteiger charge is 2.00. The lowest BCUT2D eigenvalue weighted by Crippen LogP contribution is -1.77. The van der Waals surface area contributed by atoms with E-state index in [1.54, 1.807) is 0 Å². The van der Waals surface area contributed by atoms with Gasteiger partial charge in [-0.05, 0) is 40.8 Å². The Bertz CT molecular complexity index is 623. The Morgan fingerprint density at radius 1 is 0.812 bits per heavy atom. The minimum absolute atomic E-state index is 0.768. The Labute approximate surface area is 98.7 Å². The molecule has 0 fully saturated rings. The SMILES string of the molecule is Clc1ccc(-c2ccc3cc[nH]c3c2)cc1. The molecule has 78 valence electrons. The molecule has 2 aromatic carbocycles. The van der Waals surface area contributed by atoms with Gasteiger partial charge in [-0.25, -0.2) is 0 Å². The fraction of sp³-hybridized carbons (Fsp3) is 0. The average Bonchev–Trinajstić information content (AvgIpc) is 2.77. The van der Waals surface area contributed by atoms with E-state index < -0.39 is 0 Å². The van der Waals surface area contributed by atoms with Crippen LogP contribution in [0.3, 0.4) is 0 Å². The first-order chi connectivity index (χ1) is 7.83. The first-order valence-corrected chi connectivity index (χ1v) is 5.54. The summed E-state index contributed by atoms with van der Waals surface area (Å²) in [5.74, 6) is 0. The van der Waals surface area contributed by atoms with Crippen molar-refractivity contribution >= 4 is 22.5 Å². The zero-order chi connectivity index (χ0) is 11.0. The second-order valence-electron chi connectivity index (χ2n) is 3.79. The first-order valence-electron chi connectivity index (χ1n) is 5.16. The van der Waals surface area contributed by atoms with Crippen LogP contribution < -0.4 is 0 Å². The highest BCUT2D eigenvalue weighted by molar-refractivity contribution is 6.30. The van der Waals surface area contributed by atoms with E-state index in [4.69, 9.17) is 11.6 Å². The quantitative estimate of drug-likeness (QED) is 0.631. The lowest BCUT2D eigenvalue weighted by Gasteiger charge is -2.02. The van der Waals surface area contributed by atoms with Crippen molar-refractivity contribution in [2.75, 3.05) is 0 Å². The lowest BCUT2D eigenvalue weighted by atomic mass is 10.0. The fourth-order valence-corrected chi connectivity index (χ4v) is 2.00. The smallest absolute Gasteiger partial charge is 0.0460 e. The van der Waals surface area contributed by atoms with Gasteiger partial charge in [-0.3, -0.25) is 0 Å². The van der Waals surface area contributed by atoms with Crippen molar-refractivity contribution in [3.63, 3.8) is 0 Å². The van der Waals surface area contributed by atoms with Crippen LogP contribution in [0.25, 0.3) is 22.0 Å². The molecule has 0 amide bonds. The molecule has 0 aliphatic heterocycles. The minimum atomic E-state index is 0.768. The van der Waals surface area contributed by atoms with Gasteiger partial charge in [0.05, 0.1) is 0 Å². The molecule has 1 aromatic heterocycles. The Balaban J connectivity index is 2.14. The van der Waals surface area contributed by atoms with E-state index in [0.29, 0.717) is 0 Å². The van der Waals surface area contributed by atoms with Gasteiger partial charge in [0.15, 0.2) is 0 Å². The summed E-state index contributed by atoms with van der Waals surface area (Å²) in [6.07, 6.45) is 1.95. The van der Waals surface area contributed by atoms with Gasteiger partial charge in [-0.1, -0.05) is 35.9 Å². The predicted molar refractivity (Wildman–Crippen MR) is 68.7 cm³/mol. The van der Waals surface area contributed by atoms with E-state index in [-0.39, 0.29) is 0 Å². The van der Waals surface area contributed by atoms with Crippen LogP contribution in [0, 0.1) is 0 Å². The van der Waals surface area contributed by atoms with Crippen molar-refractivity contribution in [3.8, 4) is 11.1 Å². The van der Waals surface area contributed by atoms with Crippen molar-refractivity contribution in [2.24, 2.45) is 0 Å². The third-order valence-electron chi connectivity index (χ3n) is 2.73. The summed E-state index contributed by atoms with van der Waals surface area (Å²) >= 11 is 5.87. The Kier molecular flexibility index (Phi) is 2.19. The zero-order valence-electron chi connectivity index (χ0n) is 8.57. The van der Waals surface area contributed by atoms with Crippen LogP contribution in [-0.4, -0.2) is 4.98 Å². The van der Waals surface area contributed by atoms with E-state index in [9.17, 15) is 0 Å². The van der Waals surface area contributed by atoms with Crippen LogP contribution in [0.4, 0.5) is 0 Å². The normalized spacial score (nSPS) is 10.8. The maximum Gasteiger partial charge on any atom is 0.0460 e. The van der Waals surface area contributed by atoms with Crippen LogP contribution in [-0.2, 0) is 0 Å². The highest BCUT2D eigenvalue weighted by Crippen LogP contribution is 2.24. The molecule has 3 rings (SSSR count). The monoisotopic (exact) mass is 227 g/mol. The number of hydrogen-bond donors (Lipinski definition) is 1. The van der Waals surface area contributed by atoms with E-state index in [0.717, 1.165) is 10.5 Å². The summed E-state index contributed by atoms with van der Waals surface area (Å²) in [5, 5.41) is 2.00.